The van der Waals surface area contributed by atoms with E-state index in [0.29, 0.717) is 23.1 Å². The number of rotatable bonds is 4. The molecule has 0 radical (unpaired) electrons. The molecular formula is C16H16Cl2N2O. The molecule has 0 fully saturated rings. The lowest BCUT2D eigenvalue weighted by atomic mass is 10.1. The first-order valence-electron chi connectivity index (χ1n) is 6.56. The summed E-state index contributed by atoms with van der Waals surface area (Å²) in [4.78, 5) is 11.8. The maximum absolute atomic E-state index is 11.8. The van der Waals surface area contributed by atoms with Crippen LogP contribution in [-0.4, -0.2) is 6.03 Å². The van der Waals surface area contributed by atoms with E-state index in [2.05, 4.69) is 10.6 Å². The Bertz CT molecular complexity index is 644. The molecule has 110 valence electrons. The second-order valence-corrected chi connectivity index (χ2v) is 5.61. The molecule has 2 rings (SSSR count). The van der Waals surface area contributed by atoms with E-state index < -0.39 is 0 Å². The van der Waals surface area contributed by atoms with Crippen molar-refractivity contribution in [2.45, 2.75) is 20.0 Å². The number of halogens is 2. The van der Waals surface area contributed by atoms with Crippen LogP contribution in [0.15, 0.2) is 42.5 Å². The van der Waals surface area contributed by atoms with Crippen LogP contribution in [0.25, 0.3) is 0 Å². The Morgan fingerprint density at radius 3 is 2.48 bits per heavy atom. The molecule has 5 heteroatoms. The Kier molecular flexibility index (Phi) is 5.48. The van der Waals surface area contributed by atoms with E-state index in [0.717, 1.165) is 16.7 Å². The molecule has 0 bridgehead atoms. The highest BCUT2D eigenvalue weighted by molar-refractivity contribution is 6.30. The number of aryl methyl sites for hydroxylation is 1. The average Bonchev–Trinajstić information content (AvgIpc) is 2.46. The number of urea groups is 1. The molecule has 0 atom stereocenters. The van der Waals surface area contributed by atoms with Gasteiger partial charge >= 0.3 is 6.03 Å². The maximum atomic E-state index is 11.8. The molecule has 21 heavy (non-hydrogen) atoms. The Balaban J connectivity index is 1.83. The number of carbonyl (C=O) groups excluding carboxylic acids is 1. The first-order chi connectivity index (χ1) is 10.0. The minimum atomic E-state index is -0.227. The summed E-state index contributed by atoms with van der Waals surface area (Å²) in [6, 6.07) is 12.8. The molecule has 2 amide bonds. The third kappa shape index (κ3) is 4.96. The molecule has 0 aliphatic heterocycles. The van der Waals surface area contributed by atoms with Gasteiger partial charge in [-0.25, -0.2) is 4.79 Å². The summed E-state index contributed by atoms with van der Waals surface area (Å²) in [5.41, 5.74) is 3.05. The lowest BCUT2D eigenvalue weighted by molar-refractivity contribution is 0.240. The predicted molar refractivity (Wildman–Crippen MR) is 86.7 cm³/mol. The van der Waals surface area contributed by atoms with E-state index in [4.69, 9.17) is 23.2 Å². The first-order valence-corrected chi connectivity index (χ1v) is 7.31. The molecule has 2 aromatic rings. The number of hydrogen-bond acceptors (Lipinski definition) is 1. The standard InChI is InChI=1S/C16H16Cl2N2O/c1-11-5-6-15(18)8-13(11)10-20-16(21)19-9-12-3-2-4-14(17)7-12/h2-8H,9-10H2,1H3,(H2,19,20,21). The second kappa shape index (κ2) is 7.34. The van der Waals surface area contributed by atoms with Gasteiger partial charge in [-0.15, -0.1) is 0 Å². The summed E-state index contributed by atoms with van der Waals surface area (Å²) in [6.45, 7) is 2.85. The quantitative estimate of drug-likeness (QED) is 0.865. The molecule has 2 N–H and O–H groups in total. The van der Waals surface area contributed by atoms with E-state index in [1.807, 2.05) is 43.3 Å². The maximum Gasteiger partial charge on any atom is 0.315 e. The summed E-state index contributed by atoms with van der Waals surface area (Å²) in [7, 11) is 0. The smallest absolute Gasteiger partial charge is 0.315 e. The van der Waals surface area contributed by atoms with Gasteiger partial charge in [0.25, 0.3) is 0 Å². The van der Waals surface area contributed by atoms with E-state index >= 15 is 0 Å². The third-order valence-corrected chi connectivity index (χ3v) is 3.56. The average molecular weight is 323 g/mol. The highest BCUT2D eigenvalue weighted by atomic mass is 35.5. The fourth-order valence-electron chi connectivity index (χ4n) is 1.90. The topological polar surface area (TPSA) is 41.1 Å². The van der Waals surface area contributed by atoms with Gasteiger partial charge in [0.2, 0.25) is 0 Å². The molecular weight excluding hydrogens is 307 g/mol. The van der Waals surface area contributed by atoms with Gasteiger partial charge in [-0.2, -0.15) is 0 Å². The number of amides is 2. The first kappa shape index (κ1) is 15.7. The summed E-state index contributed by atoms with van der Waals surface area (Å²) in [5, 5.41) is 6.92. The molecule has 0 aromatic heterocycles. The molecule has 0 spiro atoms. The van der Waals surface area contributed by atoms with Crippen molar-refractivity contribution in [3.63, 3.8) is 0 Å². The highest BCUT2D eigenvalue weighted by Gasteiger charge is 2.04. The van der Waals surface area contributed by atoms with Gasteiger partial charge in [-0.3, -0.25) is 0 Å². The summed E-state index contributed by atoms with van der Waals surface area (Å²) >= 11 is 11.8. The lowest BCUT2D eigenvalue weighted by Crippen LogP contribution is -2.34. The number of benzene rings is 2. The van der Waals surface area contributed by atoms with Crippen molar-refractivity contribution in [2.24, 2.45) is 0 Å². The van der Waals surface area contributed by atoms with Crippen LogP contribution in [0.3, 0.4) is 0 Å². The van der Waals surface area contributed by atoms with Gasteiger partial charge < -0.3 is 10.6 Å². The van der Waals surface area contributed by atoms with Crippen molar-refractivity contribution < 1.29 is 4.79 Å². The zero-order valence-corrected chi connectivity index (χ0v) is 13.1. The molecule has 0 aliphatic carbocycles. The monoisotopic (exact) mass is 322 g/mol. The Labute approximate surface area is 134 Å². The largest absolute Gasteiger partial charge is 0.334 e. The lowest BCUT2D eigenvalue weighted by Gasteiger charge is -2.10. The fraction of sp³-hybridized carbons (Fsp3) is 0.188. The molecule has 0 saturated carbocycles. The van der Waals surface area contributed by atoms with Gasteiger partial charge in [0.15, 0.2) is 0 Å². The van der Waals surface area contributed by atoms with Gasteiger partial charge in [-0.1, -0.05) is 41.4 Å². The minimum absolute atomic E-state index is 0.227. The van der Waals surface area contributed by atoms with Crippen LogP contribution in [0, 0.1) is 6.92 Å². The minimum Gasteiger partial charge on any atom is -0.334 e. The molecule has 0 saturated heterocycles. The van der Waals surface area contributed by atoms with Crippen LogP contribution in [-0.2, 0) is 13.1 Å². The summed E-state index contributed by atoms with van der Waals surface area (Å²) < 4.78 is 0. The van der Waals surface area contributed by atoms with E-state index in [1.165, 1.54) is 0 Å². The van der Waals surface area contributed by atoms with Crippen LogP contribution < -0.4 is 10.6 Å². The Morgan fingerprint density at radius 2 is 1.71 bits per heavy atom. The van der Waals surface area contributed by atoms with E-state index in [1.54, 1.807) is 6.07 Å². The molecule has 2 aromatic carbocycles. The van der Waals surface area contributed by atoms with Crippen molar-refractivity contribution in [2.75, 3.05) is 0 Å². The van der Waals surface area contributed by atoms with Crippen molar-refractivity contribution >= 4 is 29.2 Å². The van der Waals surface area contributed by atoms with Gasteiger partial charge in [0.1, 0.15) is 0 Å². The van der Waals surface area contributed by atoms with Crippen molar-refractivity contribution in [3.8, 4) is 0 Å². The van der Waals surface area contributed by atoms with Crippen LogP contribution in [0.2, 0.25) is 10.0 Å². The van der Waals surface area contributed by atoms with Crippen LogP contribution in [0.5, 0.6) is 0 Å². The molecule has 0 heterocycles. The van der Waals surface area contributed by atoms with Crippen molar-refractivity contribution in [3.05, 3.63) is 69.2 Å². The van der Waals surface area contributed by atoms with E-state index in [-0.39, 0.29) is 6.03 Å². The normalized spacial score (nSPS) is 10.2. The summed E-state index contributed by atoms with van der Waals surface area (Å²) in [6.07, 6.45) is 0. The fourth-order valence-corrected chi connectivity index (χ4v) is 2.31. The van der Waals surface area contributed by atoms with Gasteiger partial charge in [0, 0.05) is 23.1 Å². The zero-order chi connectivity index (χ0) is 15.2. The number of carbonyl (C=O) groups is 1. The molecule has 0 unspecified atom stereocenters. The predicted octanol–water partition coefficient (Wildman–Crippen LogP) is 4.30. The summed E-state index contributed by atoms with van der Waals surface area (Å²) in [5.74, 6) is 0. The van der Waals surface area contributed by atoms with Crippen LogP contribution in [0.4, 0.5) is 4.79 Å². The van der Waals surface area contributed by atoms with E-state index in [9.17, 15) is 4.79 Å². The Hall–Kier alpha value is -1.71. The third-order valence-electron chi connectivity index (χ3n) is 3.09. The SMILES string of the molecule is Cc1ccc(Cl)cc1CNC(=O)NCc1cccc(Cl)c1. The molecule has 3 nitrogen and oxygen atoms in total. The Morgan fingerprint density at radius 1 is 1.00 bits per heavy atom. The number of hydrogen-bond donors (Lipinski definition) is 2. The van der Waals surface area contributed by atoms with Crippen LogP contribution >= 0.6 is 23.2 Å². The van der Waals surface area contributed by atoms with Crippen molar-refractivity contribution in [1.29, 1.82) is 0 Å². The van der Waals surface area contributed by atoms with Gasteiger partial charge in [0.05, 0.1) is 0 Å². The van der Waals surface area contributed by atoms with Crippen LogP contribution in [0.1, 0.15) is 16.7 Å². The molecule has 0 aliphatic rings. The zero-order valence-electron chi connectivity index (χ0n) is 11.6. The van der Waals surface area contributed by atoms with Gasteiger partial charge in [-0.05, 0) is 47.9 Å². The number of nitrogens with one attached hydrogen (secondary N) is 2. The van der Waals surface area contributed by atoms with Crippen molar-refractivity contribution in [1.82, 2.24) is 10.6 Å². The highest BCUT2D eigenvalue weighted by Crippen LogP contribution is 2.15. The second-order valence-electron chi connectivity index (χ2n) is 4.74.